The zero-order chi connectivity index (χ0) is 13.4. The third-order valence-corrected chi connectivity index (χ3v) is 4.22. The molecule has 0 radical (unpaired) electrons. The summed E-state index contributed by atoms with van der Waals surface area (Å²) in [6, 6.07) is 4.94. The normalized spacial score (nSPS) is 22.1. The number of hydrogen-bond acceptors (Lipinski definition) is 1. The average Bonchev–Trinajstić information content (AvgIpc) is 2.92. The van der Waals surface area contributed by atoms with Crippen LogP contribution in [0.15, 0.2) is 29.8 Å². The van der Waals surface area contributed by atoms with Crippen molar-refractivity contribution >= 4 is 5.91 Å². The quantitative estimate of drug-likeness (QED) is 0.757. The predicted molar refractivity (Wildman–Crippen MR) is 72.2 cm³/mol. The fourth-order valence-corrected chi connectivity index (χ4v) is 3.13. The molecule has 2 aliphatic rings. The van der Waals surface area contributed by atoms with Crippen LogP contribution in [0.4, 0.5) is 4.39 Å². The number of allylic oxidation sites excluding steroid dienone is 1. The Bertz CT molecular complexity index is 550. The lowest BCUT2D eigenvalue weighted by molar-refractivity contribution is -0.129. The molecule has 1 aliphatic heterocycles. The van der Waals surface area contributed by atoms with Gasteiger partial charge in [-0.05, 0) is 55.9 Å². The largest absolute Gasteiger partial charge is 0.332 e. The monoisotopic (exact) mass is 259 g/mol. The van der Waals surface area contributed by atoms with E-state index in [4.69, 9.17) is 0 Å². The zero-order valence-corrected chi connectivity index (χ0v) is 11.2. The van der Waals surface area contributed by atoms with Crippen molar-refractivity contribution in [2.24, 2.45) is 0 Å². The highest BCUT2D eigenvalue weighted by atomic mass is 19.1. The first-order valence-electron chi connectivity index (χ1n) is 6.95. The van der Waals surface area contributed by atoms with Gasteiger partial charge in [0.25, 0.3) is 0 Å². The molecule has 0 aromatic heterocycles. The maximum atomic E-state index is 13.2. The Balaban J connectivity index is 1.87. The van der Waals surface area contributed by atoms with Gasteiger partial charge in [-0.1, -0.05) is 12.1 Å². The minimum absolute atomic E-state index is 0.0401. The molecule has 1 aromatic carbocycles. The van der Waals surface area contributed by atoms with E-state index in [1.54, 1.807) is 6.07 Å². The van der Waals surface area contributed by atoms with Crippen LogP contribution in [-0.4, -0.2) is 17.4 Å². The van der Waals surface area contributed by atoms with Gasteiger partial charge in [0.05, 0.1) is 6.04 Å². The van der Waals surface area contributed by atoms with Crippen molar-refractivity contribution in [1.29, 1.82) is 0 Å². The van der Waals surface area contributed by atoms with Crippen LogP contribution in [0.5, 0.6) is 0 Å². The number of fused-ring (bicyclic) bond motifs is 1. The molecule has 1 heterocycles. The molecule has 0 saturated heterocycles. The van der Waals surface area contributed by atoms with Crippen molar-refractivity contribution in [2.75, 3.05) is 6.54 Å². The van der Waals surface area contributed by atoms with Crippen LogP contribution >= 0.6 is 0 Å². The van der Waals surface area contributed by atoms with Crippen LogP contribution < -0.4 is 0 Å². The summed E-state index contributed by atoms with van der Waals surface area (Å²) in [4.78, 5) is 14.4. The van der Waals surface area contributed by atoms with Gasteiger partial charge >= 0.3 is 0 Å². The summed E-state index contributed by atoms with van der Waals surface area (Å²) in [7, 11) is 0. The number of hydrogen-bond donors (Lipinski definition) is 0. The highest BCUT2D eigenvalue weighted by Gasteiger charge is 2.29. The SMILES string of the molecule is CC1c2ccc(F)cc2CCN1C(=O)C1=CCCC1. The van der Waals surface area contributed by atoms with Gasteiger partial charge in [0, 0.05) is 12.1 Å². The lowest BCUT2D eigenvalue weighted by atomic mass is 9.93. The molecule has 1 aliphatic carbocycles. The highest BCUT2D eigenvalue weighted by Crippen LogP contribution is 2.32. The van der Waals surface area contributed by atoms with Crippen molar-refractivity contribution in [3.05, 3.63) is 46.8 Å². The first kappa shape index (κ1) is 12.4. The van der Waals surface area contributed by atoms with Gasteiger partial charge in [-0.3, -0.25) is 4.79 Å². The fraction of sp³-hybridized carbons (Fsp3) is 0.438. The Kier molecular flexibility index (Phi) is 3.13. The molecule has 0 saturated carbocycles. The van der Waals surface area contributed by atoms with Crippen LogP contribution in [0.1, 0.15) is 43.4 Å². The standard InChI is InChI=1S/C16H18FNO/c1-11-15-7-6-14(17)10-13(15)8-9-18(11)16(19)12-4-2-3-5-12/h4,6-7,10-11H,2-3,5,8-9H2,1H3. The number of benzene rings is 1. The van der Waals surface area contributed by atoms with Crippen LogP contribution in [0.25, 0.3) is 0 Å². The summed E-state index contributed by atoms with van der Waals surface area (Å²) in [6.45, 7) is 2.72. The maximum Gasteiger partial charge on any atom is 0.249 e. The van der Waals surface area contributed by atoms with E-state index in [2.05, 4.69) is 6.08 Å². The zero-order valence-electron chi connectivity index (χ0n) is 11.2. The molecule has 0 spiro atoms. The molecule has 100 valence electrons. The molecule has 0 fully saturated rings. The summed E-state index contributed by atoms with van der Waals surface area (Å²) in [5.41, 5.74) is 3.08. The average molecular weight is 259 g/mol. The van der Waals surface area contributed by atoms with Gasteiger partial charge in [0.15, 0.2) is 0 Å². The number of carbonyl (C=O) groups excluding carboxylic acids is 1. The van der Waals surface area contributed by atoms with Crippen LogP contribution in [0.2, 0.25) is 0 Å². The highest BCUT2D eigenvalue weighted by molar-refractivity contribution is 5.94. The Labute approximate surface area is 112 Å². The molecule has 1 aromatic rings. The van der Waals surface area contributed by atoms with Crippen molar-refractivity contribution in [3.63, 3.8) is 0 Å². The lowest BCUT2D eigenvalue weighted by Gasteiger charge is -2.35. The number of rotatable bonds is 1. The number of nitrogens with zero attached hydrogens (tertiary/aromatic N) is 1. The van der Waals surface area contributed by atoms with E-state index in [0.29, 0.717) is 6.54 Å². The fourth-order valence-electron chi connectivity index (χ4n) is 3.13. The van der Waals surface area contributed by atoms with Crippen LogP contribution in [0.3, 0.4) is 0 Å². The van der Waals surface area contributed by atoms with E-state index in [1.165, 1.54) is 6.07 Å². The summed E-state index contributed by atoms with van der Waals surface area (Å²) in [6.07, 6.45) is 5.82. The van der Waals surface area contributed by atoms with Crippen molar-refractivity contribution in [3.8, 4) is 0 Å². The summed E-state index contributed by atoms with van der Waals surface area (Å²) >= 11 is 0. The predicted octanol–water partition coefficient (Wildman–Crippen LogP) is 3.38. The molecule has 1 amide bonds. The summed E-state index contributed by atoms with van der Waals surface area (Å²) in [5, 5.41) is 0. The molecule has 3 rings (SSSR count). The lowest BCUT2D eigenvalue weighted by Crippen LogP contribution is -2.39. The van der Waals surface area contributed by atoms with Gasteiger partial charge < -0.3 is 4.90 Å². The molecular weight excluding hydrogens is 241 g/mol. The van der Waals surface area contributed by atoms with Crippen LogP contribution in [0, 0.1) is 5.82 Å². The number of halogens is 1. The summed E-state index contributed by atoms with van der Waals surface area (Å²) < 4.78 is 13.2. The van der Waals surface area contributed by atoms with E-state index in [9.17, 15) is 9.18 Å². The smallest absolute Gasteiger partial charge is 0.249 e. The minimum Gasteiger partial charge on any atom is -0.332 e. The second-order valence-electron chi connectivity index (χ2n) is 5.39. The van der Waals surface area contributed by atoms with Gasteiger partial charge in [-0.25, -0.2) is 4.39 Å². The molecule has 0 N–H and O–H groups in total. The minimum atomic E-state index is -0.191. The van der Waals surface area contributed by atoms with Crippen molar-refractivity contribution < 1.29 is 9.18 Å². The molecule has 19 heavy (non-hydrogen) atoms. The molecule has 0 bridgehead atoms. The topological polar surface area (TPSA) is 20.3 Å². The molecule has 3 heteroatoms. The molecule has 1 unspecified atom stereocenters. The van der Waals surface area contributed by atoms with Gasteiger partial charge in [-0.15, -0.1) is 0 Å². The van der Waals surface area contributed by atoms with Gasteiger partial charge in [0.1, 0.15) is 5.82 Å². The summed E-state index contributed by atoms with van der Waals surface area (Å²) in [5.74, 6) is -0.0239. The third kappa shape index (κ3) is 2.18. The second-order valence-corrected chi connectivity index (χ2v) is 5.39. The van der Waals surface area contributed by atoms with E-state index >= 15 is 0 Å². The maximum absolute atomic E-state index is 13.2. The number of amides is 1. The Morgan fingerprint density at radius 2 is 2.21 bits per heavy atom. The van der Waals surface area contributed by atoms with E-state index in [0.717, 1.165) is 42.4 Å². The molecule has 1 atom stereocenters. The Morgan fingerprint density at radius 1 is 1.37 bits per heavy atom. The first-order valence-corrected chi connectivity index (χ1v) is 6.95. The van der Waals surface area contributed by atoms with Crippen molar-refractivity contribution in [1.82, 2.24) is 4.90 Å². The second kappa shape index (κ2) is 4.80. The third-order valence-electron chi connectivity index (χ3n) is 4.22. The Morgan fingerprint density at radius 3 is 2.95 bits per heavy atom. The van der Waals surface area contributed by atoms with Crippen molar-refractivity contribution in [2.45, 2.75) is 38.6 Å². The first-order chi connectivity index (χ1) is 9.16. The molecule has 2 nitrogen and oxygen atoms in total. The Hall–Kier alpha value is -1.64. The van der Waals surface area contributed by atoms with E-state index in [1.807, 2.05) is 17.9 Å². The van der Waals surface area contributed by atoms with E-state index < -0.39 is 0 Å². The molecular formula is C16H18FNO. The van der Waals surface area contributed by atoms with Gasteiger partial charge in [-0.2, -0.15) is 0 Å². The number of carbonyl (C=O) groups is 1. The van der Waals surface area contributed by atoms with Gasteiger partial charge in [0.2, 0.25) is 5.91 Å². The van der Waals surface area contributed by atoms with Crippen LogP contribution in [-0.2, 0) is 11.2 Å². The van der Waals surface area contributed by atoms with E-state index in [-0.39, 0.29) is 17.8 Å².